The van der Waals surface area contributed by atoms with E-state index in [1.54, 1.807) is 35.7 Å². The van der Waals surface area contributed by atoms with Gasteiger partial charge in [0, 0.05) is 87.3 Å². The van der Waals surface area contributed by atoms with Crippen LogP contribution in [0.25, 0.3) is 10.4 Å². The molecule has 69 heavy (non-hydrogen) atoms. The number of ether oxygens (including phenoxy) is 1. The van der Waals surface area contributed by atoms with Crippen LogP contribution in [-0.4, -0.2) is 111 Å². The summed E-state index contributed by atoms with van der Waals surface area (Å²) in [5.74, 6) is 0.245. The van der Waals surface area contributed by atoms with E-state index in [0.717, 1.165) is 65.9 Å². The molecular formula is C52H62ClN9O6S. The third-order valence-corrected chi connectivity index (χ3v) is 15.6. The fourth-order valence-corrected chi connectivity index (χ4v) is 11.7. The molecule has 2 aliphatic heterocycles. The molecule has 4 atom stereocenters. The molecule has 3 aliphatic rings. The number of rotatable bonds is 15. The molecule has 5 aromatic rings. The van der Waals surface area contributed by atoms with E-state index in [4.69, 9.17) is 20.9 Å². The first-order valence-electron chi connectivity index (χ1n) is 23.7. The monoisotopic (exact) mass is 975 g/mol. The zero-order chi connectivity index (χ0) is 49.4. The Labute approximate surface area is 413 Å². The SMILES string of the molecule is Cc1ncsc1-c1ccc([C@H](C)NC(=O)[C@@H]2C[C@@H](O)CN2C(=O)[C@H](c2cc(CCN3CCN(c4ccc(C(=O)N[C@H]5C(C)(C)[C@H](Oc6ccc(C#N)c(Cl)c6)C5(C)C)cn4)CC3)no2)C(C)C)cc1. The van der Waals surface area contributed by atoms with Gasteiger partial charge in [0.15, 0.2) is 0 Å². The molecule has 3 N–H and O–H groups in total. The number of anilines is 1. The molecule has 3 fully saturated rings. The van der Waals surface area contributed by atoms with Crippen LogP contribution < -0.4 is 20.3 Å². The zero-order valence-corrected chi connectivity index (χ0v) is 42.1. The van der Waals surface area contributed by atoms with Crippen molar-refractivity contribution in [1.29, 1.82) is 5.26 Å². The van der Waals surface area contributed by atoms with Crippen LogP contribution in [0.2, 0.25) is 5.02 Å². The molecule has 0 spiro atoms. The topological polar surface area (TPSA) is 190 Å². The average molecular weight is 977 g/mol. The number of benzene rings is 2. The zero-order valence-electron chi connectivity index (χ0n) is 40.5. The second-order valence-electron chi connectivity index (χ2n) is 20.2. The number of aliphatic hydroxyl groups excluding tert-OH is 1. The lowest BCUT2D eigenvalue weighted by molar-refractivity contribution is -0.164. The first-order chi connectivity index (χ1) is 32.8. The third-order valence-electron chi connectivity index (χ3n) is 14.3. The van der Waals surface area contributed by atoms with Gasteiger partial charge in [0.2, 0.25) is 11.8 Å². The van der Waals surface area contributed by atoms with Gasteiger partial charge in [-0.2, -0.15) is 5.26 Å². The van der Waals surface area contributed by atoms with Crippen LogP contribution in [0.1, 0.15) is 105 Å². The van der Waals surface area contributed by atoms with Crippen molar-refractivity contribution in [3.8, 4) is 22.3 Å². The molecule has 0 bridgehead atoms. The molecule has 2 aromatic carbocycles. The van der Waals surface area contributed by atoms with E-state index in [0.29, 0.717) is 34.1 Å². The number of pyridine rings is 1. The fraction of sp³-hybridized carbons (Fsp3) is 0.481. The first-order valence-corrected chi connectivity index (χ1v) is 25.0. The van der Waals surface area contributed by atoms with Crippen LogP contribution in [0.15, 0.2) is 76.9 Å². The van der Waals surface area contributed by atoms with E-state index in [2.05, 4.69) is 69.3 Å². The molecule has 17 heteroatoms. The number of halogens is 1. The summed E-state index contributed by atoms with van der Waals surface area (Å²) in [7, 11) is 0. The van der Waals surface area contributed by atoms with Crippen LogP contribution in [0, 0.1) is 35.0 Å². The van der Waals surface area contributed by atoms with Gasteiger partial charge in [-0.25, -0.2) is 9.97 Å². The number of amides is 3. The van der Waals surface area contributed by atoms with Gasteiger partial charge in [0.1, 0.15) is 41.5 Å². The maximum Gasteiger partial charge on any atom is 0.253 e. The summed E-state index contributed by atoms with van der Waals surface area (Å²) in [6.45, 7) is 20.0. The molecular weight excluding hydrogens is 914 g/mol. The quantitative estimate of drug-likeness (QED) is 0.0934. The number of hydrogen-bond donors (Lipinski definition) is 3. The summed E-state index contributed by atoms with van der Waals surface area (Å²) in [4.78, 5) is 57.8. The Kier molecular flexibility index (Phi) is 14.5. The number of nitrogens with one attached hydrogen (secondary N) is 2. The van der Waals surface area contributed by atoms with Crippen LogP contribution in [-0.2, 0) is 16.0 Å². The minimum Gasteiger partial charge on any atom is -0.489 e. The number of carbonyl (C=O) groups is 3. The van der Waals surface area contributed by atoms with Crippen LogP contribution in [0.4, 0.5) is 5.82 Å². The summed E-state index contributed by atoms with van der Waals surface area (Å²) in [5.41, 5.74) is 5.64. The number of thiazole rings is 1. The van der Waals surface area contributed by atoms with Gasteiger partial charge < -0.3 is 34.8 Å². The maximum absolute atomic E-state index is 14.3. The van der Waals surface area contributed by atoms with Crippen molar-refractivity contribution in [2.24, 2.45) is 16.7 Å². The van der Waals surface area contributed by atoms with Crippen molar-refractivity contribution in [2.75, 3.05) is 44.2 Å². The van der Waals surface area contributed by atoms with E-state index >= 15 is 0 Å². The minimum atomic E-state index is -0.819. The number of aliphatic hydroxyl groups is 1. The largest absolute Gasteiger partial charge is 0.489 e. The molecule has 0 radical (unpaired) electrons. The first kappa shape index (κ1) is 49.6. The number of β-amino-alcohol motifs (C(OH)–C–C–N with tert-alkyl or cyclic N) is 1. The lowest BCUT2D eigenvalue weighted by Gasteiger charge is -2.63. The van der Waals surface area contributed by atoms with E-state index < -0.39 is 18.1 Å². The van der Waals surface area contributed by atoms with Gasteiger partial charge in [-0.15, -0.1) is 11.3 Å². The van der Waals surface area contributed by atoms with Crippen molar-refractivity contribution in [3.63, 3.8) is 0 Å². The molecule has 1 aliphatic carbocycles. The number of aromatic nitrogens is 3. The summed E-state index contributed by atoms with van der Waals surface area (Å²) >= 11 is 7.85. The molecule has 3 amide bonds. The molecule has 0 unspecified atom stereocenters. The number of hydrogen-bond acceptors (Lipinski definition) is 13. The Hall–Kier alpha value is -5.86. The highest BCUT2D eigenvalue weighted by molar-refractivity contribution is 7.13. The Morgan fingerprint density at radius 1 is 1.00 bits per heavy atom. The highest BCUT2D eigenvalue weighted by Crippen LogP contribution is 2.55. The summed E-state index contributed by atoms with van der Waals surface area (Å²) in [6, 6.07) is 19.4. The Morgan fingerprint density at radius 2 is 1.72 bits per heavy atom. The van der Waals surface area contributed by atoms with Crippen LogP contribution in [0.5, 0.6) is 5.75 Å². The van der Waals surface area contributed by atoms with Crippen LogP contribution >= 0.6 is 22.9 Å². The second kappa shape index (κ2) is 20.2. The number of aryl methyl sites for hydroxylation is 1. The standard InChI is InChI=1S/C52H62ClN9O6S/c1-30(2)44(48(66)62-28-38(63)24-41(62)47(65)57-31(3)33-9-11-34(12-10-33)45-32(4)56-29-69-45)42-23-37(59-68-42)17-18-60-19-21-61(22-20-60)43-16-14-36(27-55-43)46(64)58-49-51(5,6)50(52(49,7)8)67-39-15-13-35(26-54)40(53)25-39/h9-16,23,25,27,29-31,38,41,44,49-50,63H,17-22,24,28H2,1-8H3,(H,57,65)(H,58,64)/t31-,38+,41-,44-,49-,50-/m0/s1. The molecule has 1 saturated carbocycles. The molecule has 3 aromatic heterocycles. The predicted molar refractivity (Wildman–Crippen MR) is 265 cm³/mol. The molecule has 15 nitrogen and oxygen atoms in total. The Bertz CT molecular complexity index is 2670. The molecule has 2 saturated heterocycles. The number of likely N-dealkylation sites (tertiary alicyclic amines) is 1. The van der Waals surface area contributed by atoms with E-state index in [-0.39, 0.29) is 65.6 Å². The molecule has 5 heterocycles. The molecule has 8 rings (SSSR count). The van der Waals surface area contributed by atoms with Gasteiger partial charge in [-0.05, 0) is 55.2 Å². The van der Waals surface area contributed by atoms with Crippen molar-refractivity contribution in [1.82, 2.24) is 35.6 Å². The van der Waals surface area contributed by atoms with Gasteiger partial charge in [-0.1, -0.05) is 82.6 Å². The second-order valence-corrected chi connectivity index (χ2v) is 21.5. The van der Waals surface area contributed by atoms with Gasteiger partial charge in [0.25, 0.3) is 5.91 Å². The van der Waals surface area contributed by atoms with Crippen molar-refractivity contribution < 1.29 is 28.8 Å². The number of nitriles is 1. The molecule has 364 valence electrons. The summed E-state index contributed by atoms with van der Waals surface area (Å²) in [5, 5.41) is 31.0. The number of nitrogens with zero attached hydrogens (tertiary/aromatic N) is 7. The van der Waals surface area contributed by atoms with Crippen molar-refractivity contribution >= 4 is 46.5 Å². The predicted octanol–water partition coefficient (Wildman–Crippen LogP) is 7.58. The van der Waals surface area contributed by atoms with E-state index in [9.17, 15) is 24.8 Å². The minimum absolute atomic E-state index is 0.0634. The number of carbonyl (C=O) groups excluding carboxylic acids is 3. The van der Waals surface area contributed by atoms with Crippen molar-refractivity contribution in [2.45, 2.75) is 104 Å². The smallest absolute Gasteiger partial charge is 0.253 e. The Balaban J connectivity index is 0.804. The fourth-order valence-electron chi connectivity index (χ4n) is 10.7. The highest BCUT2D eigenvalue weighted by Gasteiger charge is 2.64. The van der Waals surface area contributed by atoms with Crippen molar-refractivity contribution in [3.05, 3.63) is 111 Å². The van der Waals surface area contributed by atoms with Gasteiger partial charge in [0.05, 0.1) is 50.1 Å². The normalized spacial score (nSPS) is 21.8. The van der Waals surface area contributed by atoms with Crippen LogP contribution in [0.3, 0.4) is 0 Å². The van der Waals surface area contributed by atoms with E-state index in [1.807, 2.05) is 75.7 Å². The van der Waals surface area contributed by atoms with Gasteiger partial charge >= 0.3 is 0 Å². The lowest BCUT2D eigenvalue weighted by Crippen LogP contribution is -2.74. The maximum atomic E-state index is 14.3. The van der Waals surface area contributed by atoms with Gasteiger partial charge in [-0.3, -0.25) is 19.3 Å². The average Bonchev–Trinajstić information content (AvgIpc) is 4.09. The highest BCUT2D eigenvalue weighted by atomic mass is 35.5. The number of piperazine rings is 1. The summed E-state index contributed by atoms with van der Waals surface area (Å²) in [6.07, 6.45) is 1.39. The summed E-state index contributed by atoms with van der Waals surface area (Å²) < 4.78 is 12.2. The lowest BCUT2D eigenvalue weighted by atomic mass is 9.49. The van der Waals surface area contributed by atoms with E-state index in [1.165, 1.54) is 4.90 Å². The third kappa shape index (κ3) is 10.4. The Morgan fingerprint density at radius 3 is 2.35 bits per heavy atom.